The van der Waals surface area contributed by atoms with E-state index in [9.17, 15) is 37.7 Å². The summed E-state index contributed by atoms with van der Waals surface area (Å²) in [5.41, 5.74) is 2.49. The Kier molecular flexibility index (Phi) is 43.6. The van der Waals surface area contributed by atoms with Gasteiger partial charge in [-0.1, -0.05) is 305 Å². The van der Waals surface area contributed by atoms with E-state index >= 15 is 0 Å². The van der Waals surface area contributed by atoms with Crippen LogP contribution in [0.5, 0.6) is 28.7 Å². The van der Waals surface area contributed by atoms with Crippen LogP contribution in [0.2, 0.25) is 10.0 Å². The molecule has 3 amide bonds. The number of benzene rings is 7. The molecule has 0 radical (unpaired) electrons. The molecular formula is C68H52Br3Cl21N6O14S. The summed E-state index contributed by atoms with van der Waals surface area (Å²) in [6.45, 7) is 1.40. The van der Waals surface area contributed by atoms with E-state index in [0.717, 1.165) is 11.1 Å². The highest BCUT2D eigenvalue weighted by Gasteiger charge is 2.42. The van der Waals surface area contributed by atoms with Gasteiger partial charge in [0.05, 0.1) is 54.4 Å². The lowest BCUT2D eigenvalue weighted by atomic mass is 9.88. The van der Waals surface area contributed by atoms with Crippen molar-refractivity contribution in [2.75, 3.05) is 33.3 Å². The number of rotatable bonds is 12. The number of nitrogens with one attached hydrogen (secondary N) is 2. The van der Waals surface area contributed by atoms with E-state index in [4.69, 9.17) is 268 Å². The first-order valence-electron chi connectivity index (χ1n) is 30.0. The third-order valence-electron chi connectivity index (χ3n) is 13.2. The smallest absolute Gasteiger partial charge is 0.419 e. The molecule has 1 aromatic heterocycles. The lowest BCUT2D eigenvalue weighted by Gasteiger charge is -2.31. The number of amides is 3. The molecule has 1 aliphatic rings. The number of aromatic nitrogens is 3. The van der Waals surface area contributed by atoms with Crippen molar-refractivity contribution in [1.82, 2.24) is 20.3 Å². The van der Waals surface area contributed by atoms with Crippen LogP contribution in [0.4, 0.5) is 21.0 Å². The summed E-state index contributed by atoms with van der Waals surface area (Å²) in [4.78, 5) is 66.7. The highest BCUT2D eigenvalue weighted by atomic mass is 80.0. The van der Waals surface area contributed by atoms with Gasteiger partial charge in [0, 0.05) is 26.9 Å². The van der Waals surface area contributed by atoms with E-state index in [0.29, 0.717) is 44.1 Å². The SMILES string of the molecule is CC1(C(Cl)(Cl)Cl)C=CC(=O)C=C1.COc1cc(CCl)c([N+](=O)[O-])cc1OC.COc1ccc(-c2nc(C(Cl)(Cl)Cl)nc(C(Cl)(Cl)Cl)n2)cc1.Clc1ccc(C(c2ccc(Cl)cc2)C(Cl)(Cl)Cl)cc1.O=C(NC(=O)C(Cl)(Cl)Cl)Oc1ccccc1.O=C(Nc1ccc(O)cc1)OCC(Cl)(Cl)Cl.O=S(=O)(c1ccccc1)C(Br)(Br)Br. The van der Waals surface area contributed by atoms with Crippen molar-refractivity contribution in [2.24, 2.45) is 5.41 Å². The topological polar surface area (TPSA) is 275 Å². The second-order valence-electron chi connectivity index (χ2n) is 21.5. The maximum Gasteiger partial charge on any atom is 0.419 e. The Hall–Kier alpha value is -3.01. The highest BCUT2D eigenvalue weighted by Crippen LogP contribution is 2.49. The molecular weight excluding hydrogens is 2140 g/mol. The fraction of sp³-hybridized carbons (Fsp3) is 0.221. The molecule has 1 aliphatic carbocycles. The molecule has 0 unspecified atom stereocenters. The average molecular weight is 2190 g/mol. The van der Waals surface area contributed by atoms with E-state index in [1.807, 2.05) is 24.3 Å². The summed E-state index contributed by atoms with van der Waals surface area (Å²) in [6, 6.07) is 46.4. The molecule has 0 aliphatic heterocycles. The maximum absolute atomic E-state index is 11.7. The van der Waals surface area contributed by atoms with Crippen molar-refractivity contribution in [3.05, 3.63) is 243 Å². The standard InChI is InChI=1S/C14H9Cl5.C12H7Cl6N3O.C9H8Cl3NO3.C9H6Cl3NO3.C9H10ClNO4.C8H7Cl3O.C7H5Br3O2S/c15-11-5-1-9(2-6-11)13(14(17,18)19)10-3-7-12(16)8-4-10;1-22-7-4-2-6(3-5-7)8-19-9(11(13,14)15)21-10(20-8)12(16,17)18;10-9(11,12)5-16-8(15)13-6-1-3-7(14)4-2-6;10-9(11,12)7(14)13-8(15)16-6-4-2-1-3-5-6;1-14-8-3-6(5-10)7(11(12)13)4-9(8)15-2;1-7(8(9,10)11)4-2-6(12)3-5-7;8-7(9,10)13(11,12)6-4-2-1-3-5-6/h1-8,13H;2-5H,1H3;1-4,14H,5H2,(H,13,15);1-5H,(H,13,14,15);3-4H,5H2,1-2H3;2-5H,1H3;1-5H. The molecule has 0 spiro atoms. The average Bonchev–Trinajstić information content (AvgIpc) is 0.789. The Balaban J connectivity index is 0.000000344. The minimum Gasteiger partial charge on any atom is -0.508 e. The molecule has 20 nitrogen and oxygen atoms in total. The second kappa shape index (κ2) is 47.3. The predicted octanol–water partition coefficient (Wildman–Crippen LogP) is 26.3. The van der Waals surface area contributed by atoms with Crippen molar-refractivity contribution in [3.8, 4) is 40.1 Å². The number of alkyl halides is 22. The van der Waals surface area contributed by atoms with Gasteiger partial charge in [-0.15, -0.1) is 11.6 Å². The number of allylic oxidation sites excluding steroid dienone is 4. The summed E-state index contributed by atoms with van der Waals surface area (Å²) >= 11 is 129. The highest BCUT2D eigenvalue weighted by molar-refractivity contribution is 9.42. The minimum atomic E-state index is -3.43. The van der Waals surface area contributed by atoms with Crippen molar-refractivity contribution < 1.29 is 61.3 Å². The zero-order valence-corrected chi connectivity index (χ0v) is 78.4. The molecule has 0 bridgehead atoms. The number of halogens is 24. The number of nitro groups is 1. The third kappa shape index (κ3) is 37.3. The third-order valence-corrected chi connectivity index (χ3v) is 23.1. The molecule has 0 atom stereocenters. The molecule has 7 aromatic carbocycles. The van der Waals surface area contributed by atoms with Gasteiger partial charge in [-0.2, -0.15) is 0 Å². The number of imide groups is 1. The predicted molar refractivity (Wildman–Crippen MR) is 470 cm³/mol. The first-order chi connectivity index (χ1) is 52.1. The van der Waals surface area contributed by atoms with Crippen molar-refractivity contribution >= 4 is 336 Å². The molecule has 0 fully saturated rings. The van der Waals surface area contributed by atoms with Crippen LogP contribution >= 0.6 is 291 Å². The minimum absolute atomic E-state index is 0.0522. The van der Waals surface area contributed by atoms with Gasteiger partial charge in [-0.3, -0.25) is 30.3 Å². The second-order valence-corrected chi connectivity index (χ2v) is 47.0. The van der Waals surface area contributed by atoms with Crippen LogP contribution in [0.15, 0.2) is 199 Å². The van der Waals surface area contributed by atoms with Gasteiger partial charge in [-0.25, -0.2) is 33.0 Å². The number of phenols is 1. The van der Waals surface area contributed by atoms with Crippen molar-refractivity contribution in [3.63, 3.8) is 0 Å². The number of aromatic hydroxyl groups is 1. The van der Waals surface area contributed by atoms with Gasteiger partial charge >= 0.3 is 12.2 Å². The fourth-order valence-electron chi connectivity index (χ4n) is 7.74. The fourth-order valence-corrected chi connectivity index (χ4v) is 12.6. The van der Waals surface area contributed by atoms with E-state index in [2.05, 4.69) is 72.8 Å². The zero-order valence-electron chi connectivity index (χ0n) is 57.0. The number of nitrogens with zero attached hydrogens (tertiary/aromatic N) is 4. The van der Waals surface area contributed by atoms with Crippen LogP contribution in [0.25, 0.3) is 11.4 Å². The van der Waals surface area contributed by atoms with E-state index in [1.54, 1.807) is 129 Å². The van der Waals surface area contributed by atoms with Gasteiger partial charge < -0.3 is 28.8 Å². The van der Waals surface area contributed by atoms with Crippen LogP contribution in [0.1, 0.15) is 41.2 Å². The van der Waals surface area contributed by atoms with Crippen LogP contribution in [-0.2, 0) is 37.6 Å². The number of para-hydroxylation sites is 1. The Morgan fingerprint density at radius 1 is 0.602 bits per heavy atom. The molecule has 9 rings (SSSR count). The number of ketones is 1. The molecule has 612 valence electrons. The van der Waals surface area contributed by atoms with Crippen LogP contribution in [-0.4, -0.2) is 102 Å². The number of phenolic OH excluding ortho intramolecular Hbond substituents is 1. The molecule has 113 heavy (non-hydrogen) atoms. The summed E-state index contributed by atoms with van der Waals surface area (Å²) in [7, 11) is 1.01. The summed E-state index contributed by atoms with van der Waals surface area (Å²) in [5.74, 6) is 0.235. The number of ether oxygens (including phenoxy) is 5. The van der Waals surface area contributed by atoms with Crippen molar-refractivity contribution in [2.45, 2.75) is 47.8 Å². The van der Waals surface area contributed by atoms with Crippen molar-refractivity contribution in [1.29, 1.82) is 0 Å². The van der Waals surface area contributed by atoms with Gasteiger partial charge in [-0.05, 0) is 181 Å². The first kappa shape index (κ1) is 104. The largest absolute Gasteiger partial charge is 0.508 e. The number of carbonyl (C=O) groups is 4. The summed E-state index contributed by atoms with van der Waals surface area (Å²) < 4.78 is 36.1. The molecule has 1 heterocycles. The van der Waals surface area contributed by atoms with Crippen LogP contribution < -0.4 is 29.6 Å². The van der Waals surface area contributed by atoms with Gasteiger partial charge in [0.1, 0.15) is 23.9 Å². The Labute approximate surface area is 778 Å². The number of anilines is 1. The van der Waals surface area contributed by atoms with E-state index in [1.165, 1.54) is 74.9 Å². The van der Waals surface area contributed by atoms with E-state index < -0.39 is 62.5 Å². The zero-order chi connectivity index (χ0) is 85.9. The molecule has 8 aromatic rings. The Morgan fingerprint density at radius 2 is 1.05 bits per heavy atom. The monoisotopic (exact) mass is 2180 g/mol. The van der Waals surface area contributed by atoms with Gasteiger partial charge in [0.2, 0.25) is 30.3 Å². The van der Waals surface area contributed by atoms with Gasteiger partial charge in [0.15, 0.2) is 34.8 Å². The number of hydrogen-bond donors (Lipinski definition) is 3. The lowest BCUT2D eigenvalue weighted by molar-refractivity contribution is -0.385. The summed E-state index contributed by atoms with van der Waals surface area (Å²) in [6.07, 6.45) is 4.26. The lowest BCUT2D eigenvalue weighted by Crippen LogP contribution is -2.40. The van der Waals surface area contributed by atoms with E-state index in [-0.39, 0.29) is 63.7 Å². The Morgan fingerprint density at radius 3 is 1.43 bits per heavy atom. The summed E-state index contributed by atoms with van der Waals surface area (Å²) in [5, 5.41) is 25.2. The quantitative estimate of drug-likeness (QED) is 0.0444. The molecule has 3 N–H and O–H groups in total. The normalized spacial score (nSPS) is 12.5. The molecule has 45 heteroatoms. The van der Waals surface area contributed by atoms with Gasteiger partial charge in [0.25, 0.3) is 15.4 Å². The number of nitro benzene ring substituents is 1. The Bertz CT molecular complexity index is 4530. The number of hydrogen-bond acceptors (Lipinski definition) is 17. The maximum atomic E-state index is 11.7. The van der Waals surface area contributed by atoms with Crippen LogP contribution in [0.3, 0.4) is 0 Å². The number of carbonyl (C=O) groups excluding carboxylic acids is 4. The number of sulfone groups is 1. The number of methoxy groups -OCH3 is 3. The molecule has 0 saturated heterocycles. The molecule has 0 saturated carbocycles. The van der Waals surface area contributed by atoms with Crippen LogP contribution in [0, 0.1) is 15.5 Å². The first-order valence-corrected chi connectivity index (χ1v) is 41.9.